The number of nitrogens with one attached hydrogen (secondary N) is 2. The lowest BCUT2D eigenvalue weighted by atomic mass is 10.1. The Morgan fingerprint density at radius 1 is 1.11 bits per heavy atom. The number of rotatable bonds is 9. The van der Waals surface area contributed by atoms with Crippen molar-refractivity contribution in [2.75, 3.05) is 18.4 Å². The van der Waals surface area contributed by atoms with Gasteiger partial charge in [0.25, 0.3) is 5.91 Å². The van der Waals surface area contributed by atoms with Gasteiger partial charge in [0.1, 0.15) is 5.82 Å². The highest BCUT2D eigenvalue weighted by atomic mass is 32.2. The summed E-state index contributed by atoms with van der Waals surface area (Å²) in [5, 5.41) is 11.1. The van der Waals surface area contributed by atoms with E-state index in [1.165, 1.54) is 12.1 Å². The summed E-state index contributed by atoms with van der Waals surface area (Å²) in [6.07, 6.45) is 3.19. The molecule has 0 bridgehead atoms. The zero-order chi connectivity index (χ0) is 19.9. The molecule has 1 heterocycles. The first-order chi connectivity index (χ1) is 12.8. The van der Waals surface area contributed by atoms with Crippen molar-refractivity contribution in [3.8, 4) is 0 Å². The molecule has 2 aromatic rings. The first-order valence-electron chi connectivity index (χ1n) is 8.85. The fourth-order valence-electron chi connectivity index (χ4n) is 2.39. The Balaban J connectivity index is 1.80. The molecule has 1 aromatic carbocycles. The van der Waals surface area contributed by atoms with Crippen LogP contribution in [-0.4, -0.2) is 32.4 Å². The second-order valence-corrected chi connectivity index (χ2v) is 8.30. The molecule has 8 heteroatoms. The number of carbonyl (C=O) groups excluding carboxylic acids is 1. The van der Waals surface area contributed by atoms with Gasteiger partial charge in [0.05, 0.1) is 10.5 Å². The molecule has 1 aromatic heterocycles. The molecule has 0 spiro atoms. The van der Waals surface area contributed by atoms with Crippen molar-refractivity contribution in [2.24, 2.45) is 11.1 Å². The van der Waals surface area contributed by atoms with Gasteiger partial charge >= 0.3 is 0 Å². The molecule has 0 aliphatic rings. The number of nitrogens with two attached hydrogens (primary N) is 1. The number of nitrogens with zero attached hydrogens (tertiary/aromatic N) is 1. The molecule has 7 nitrogen and oxygen atoms in total. The summed E-state index contributed by atoms with van der Waals surface area (Å²) in [5.41, 5.74) is 1.51. The van der Waals surface area contributed by atoms with Gasteiger partial charge in [-0.05, 0) is 48.6 Å². The number of amides is 1. The van der Waals surface area contributed by atoms with Crippen LogP contribution in [-0.2, 0) is 16.4 Å². The normalized spacial score (nSPS) is 11.4. The van der Waals surface area contributed by atoms with Crippen LogP contribution in [0.15, 0.2) is 47.5 Å². The molecule has 0 aliphatic carbocycles. The lowest BCUT2D eigenvalue weighted by Gasteiger charge is -2.09. The van der Waals surface area contributed by atoms with Gasteiger partial charge in [-0.3, -0.25) is 4.79 Å². The Hall–Kier alpha value is -2.45. The predicted octanol–water partition coefficient (Wildman–Crippen LogP) is 2.16. The maximum atomic E-state index is 12.0. The summed E-state index contributed by atoms with van der Waals surface area (Å²) in [6.45, 7) is 5.51. The van der Waals surface area contributed by atoms with Crippen molar-refractivity contribution in [3.05, 3.63) is 53.7 Å². The van der Waals surface area contributed by atoms with Gasteiger partial charge in [-0.25, -0.2) is 18.5 Å². The van der Waals surface area contributed by atoms with E-state index in [4.69, 9.17) is 5.14 Å². The third-order valence-corrected chi connectivity index (χ3v) is 4.93. The van der Waals surface area contributed by atoms with Crippen LogP contribution in [0.2, 0.25) is 0 Å². The first kappa shape index (κ1) is 20.9. The molecule has 0 fully saturated rings. The third-order valence-electron chi connectivity index (χ3n) is 4.00. The van der Waals surface area contributed by atoms with Crippen molar-refractivity contribution in [1.82, 2.24) is 10.3 Å². The monoisotopic (exact) mass is 390 g/mol. The van der Waals surface area contributed by atoms with E-state index in [1.807, 2.05) is 0 Å². The quantitative estimate of drug-likeness (QED) is 0.607. The van der Waals surface area contributed by atoms with E-state index in [9.17, 15) is 13.2 Å². The number of aromatic nitrogens is 1. The molecule has 0 aliphatic heterocycles. The highest BCUT2D eigenvalue weighted by Gasteiger charge is 2.07. The fourth-order valence-corrected chi connectivity index (χ4v) is 2.91. The van der Waals surface area contributed by atoms with Gasteiger partial charge in [0.15, 0.2) is 0 Å². The van der Waals surface area contributed by atoms with Crippen molar-refractivity contribution in [3.63, 3.8) is 0 Å². The number of sulfonamides is 1. The second-order valence-electron chi connectivity index (χ2n) is 6.74. The van der Waals surface area contributed by atoms with E-state index < -0.39 is 10.0 Å². The summed E-state index contributed by atoms with van der Waals surface area (Å²) < 4.78 is 22.5. The summed E-state index contributed by atoms with van der Waals surface area (Å²) in [5.74, 6) is 1.10. The van der Waals surface area contributed by atoms with E-state index in [-0.39, 0.29) is 10.8 Å². The molecule has 0 saturated heterocycles. The Bertz CT molecular complexity index is 848. The number of primary sulfonamides is 1. The highest BCUT2D eigenvalue weighted by molar-refractivity contribution is 7.89. The topological polar surface area (TPSA) is 114 Å². The van der Waals surface area contributed by atoms with Gasteiger partial charge in [-0.1, -0.05) is 26.0 Å². The van der Waals surface area contributed by atoms with Crippen LogP contribution >= 0.6 is 0 Å². The van der Waals surface area contributed by atoms with Gasteiger partial charge in [-0.2, -0.15) is 0 Å². The summed E-state index contributed by atoms with van der Waals surface area (Å²) in [7, 11) is -3.66. The van der Waals surface area contributed by atoms with Gasteiger partial charge in [-0.15, -0.1) is 0 Å². The van der Waals surface area contributed by atoms with Crippen LogP contribution < -0.4 is 15.8 Å². The molecular weight excluding hydrogens is 364 g/mol. The zero-order valence-electron chi connectivity index (χ0n) is 15.6. The minimum Gasteiger partial charge on any atom is -0.370 e. The second kappa shape index (κ2) is 9.48. The SMILES string of the molecule is CC(C)CCNC(=O)c1ccc(NCCc2ccc(S(N)(=O)=O)cc2)nc1. The van der Waals surface area contributed by atoms with E-state index in [0.717, 1.165) is 12.0 Å². The Morgan fingerprint density at radius 3 is 2.37 bits per heavy atom. The zero-order valence-corrected chi connectivity index (χ0v) is 16.4. The maximum absolute atomic E-state index is 12.0. The lowest BCUT2D eigenvalue weighted by Crippen LogP contribution is -2.25. The van der Waals surface area contributed by atoms with Crippen molar-refractivity contribution < 1.29 is 13.2 Å². The van der Waals surface area contributed by atoms with Gasteiger partial charge < -0.3 is 10.6 Å². The smallest absolute Gasteiger partial charge is 0.252 e. The Labute approximate surface area is 160 Å². The van der Waals surface area contributed by atoms with Crippen LogP contribution in [0.3, 0.4) is 0 Å². The Morgan fingerprint density at radius 2 is 1.81 bits per heavy atom. The number of pyridine rings is 1. The minimum atomic E-state index is -3.66. The first-order valence-corrected chi connectivity index (χ1v) is 10.4. The molecule has 27 heavy (non-hydrogen) atoms. The summed E-state index contributed by atoms with van der Waals surface area (Å²) in [6, 6.07) is 9.96. The van der Waals surface area contributed by atoms with Crippen LogP contribution in [0.1, 0.15) is 36.2 Å². The van der Waals surface area contributed by atoms with Crippen LogP contribution in [0.25, 0.3) is 0 Å². The molecule has 146 valence electrons. The number of carbonyl (C=O) groups is 1. The number of benzene rings is 1. The molecule has 0 unspecified atom stereocenters. The molecule has 4 N–H and O–H groups in total. The van der Waals surface area contributed by atoms with Crippen LogP contribution in [0, 0.1) is 5.92 Å². The molecule has 1 amide bonds. The van der Waals surface area contributed by atoms with Gasteiger partial charge in [0.2, 0.25) is 10.0 Å². The van der Waals surface area contributed by atoms with E-state index in [1.54, 1.807) is 30.5 Å². The number of hydrogen-bond donors (Lipinski definition) is 3. The van der Waals surface area contributed by atoms with E-state index >= 15 is 0 Å². The number of anilines is 1. The van der Waals surface area contributed by atoms with Crippen molar-refractivity contribution in [1.29, 1.82) is 0 Å². The molecular formula is C19H26N4O3S. The van der Waals surface area contributed by atoms with Crippen molar-refractivity contribution in [2.45, 2.75) is 31.6 Å². The summed E-state index contributed by atoms with van der Waals surface area (Å²) in [4.78, 5) is 16.4. The molecule has 0 radical (unpaired) electrons. The van der Waals surface area contributed by atoms with Crippen molar-refractivity contribution >= 4 is 21.7 Å². The van der Waals surface area contributed by atoms with Crippen LogP contribution in [0.5, 0.6) is 0 Å². The minimum absolute atomic E-state index is 0.100. The fraction of sp³-hybridized carbons (Fsp3) is 0.368. The molecule has 0 atom stereocenters. The summed E-state index contributed by atoms with van der Waals surface area (Å²) >= 11 is 0. The molecule has 0 saturated carbocycles. The Kier molecular flexibility index (Phi) is 7.32. The van der Waals surface area contributed by atoms with Crippen LogP contribution in [0.4, 0.5) is 5.82 Å². The van der Waals surface area contributed by atoms with Gasteiger partial charge in [0, 0.05) is 19.3 Å². The third kappa shape index (κ3) is 6.99. The average Bonchev–Trinajstić information content (AvgIpc) is 2.61. The number of hydrogen-bond acceptors (Lipinski definition) is 5. The van der Waals surface area contributed by atoms with E-state index in [0.29, 0.717) is 36.8 Å². The largest absolute Gasteiger partial charge is 0.370 e. The maximum Gasteiger partial charge on any atom is 0.252 e. The average molecular weight is 391 g/mol. The highest BCUT2D eigenvalue weighted by Crippen LogP contribution is 2.10. The predicted molar refractivity (Wildman–Crippen MR) is 106 cm³/mol. The molecule has 2 rings (SSSR count). The standard InChI is InChI=1S/C19H26N4O3S/c1-14(2)9-11-22-19(24)16-5-8-18(23-13-16)21-12-10-15-3-6-17(7-4-15)27(20,25)26/h3-8,13-14H,9-12H2,1-2H3,(H,21,23)(H,22,24)(H2,20,25,26). The van der Waals surface area contributed by atoms with E-state index in [2.05, 4.69) is 29.5 Å². The lowest BCUT2D eigenvalue weighted by molar-refractivity contribution is 0.0951.